The van der Waals surface area contributed by atoms with Crippen molar-refractivity contribution in [1.29, 1.82) is 0 Å². The second kappa shape index (κ2) is 62.1. The van der Waals surface area contributed by atoms with E-state index >= 15 is 0 Å². The molecular formula is C69H112O6. The van der Waals surface area contributed by atoms with Gasteiger partial charge in [0.05, 0.1) is 0 Å². The van der Waals surface area contributed by atoms with Crippen LogP contribution in [0.5, 0.6) is 0 Å². The maximum Gasteiger partial charge on any atom is 0.306 e. The first-order valence-electron chi connectivity index (χ1n) is 30.7. The number of carbonyl (C=O) groups is 3. The van der Waals surface area contributed by atoms with Crippen molar-refractivity contribution in [2.75, 3.05) is 13.2 Å². The van der Waals surface area contributed by atoms with E-state index in [4.69, 9.17) is 14.2 Å². The molecule has 0 bridgehead atoms. The van der Waals surface area contributed by atoms with Gasteiger partial charge < -0.3 is 14.2 Å². The Hall–Kier alpha value is -4.45. The molecule has 0 aliphatic carbocycles. The van der Waals surface area contributed by atoms with Crippen LogP contribution in [0.2, 0.25) is 0 Å². The van der Waals surface area contributed by atoms with Gasteiger partial charge in [-0.2, -0.15) is 0 Å². The normalized spacial score (nSPS) is 13.1. The van der Waals surface area contributed by atoms with Gasteiger partial charge in [0.1, 0.15) is 13.2 Å². The molecule has 0 aromatic carbocycles. The smallest absolute Gasteiger partial charge is 0.306 e. The van der Waals surface area contributed by atoms with Crippen LogP contribution in [-0.4, -0.2) is 37.2 Å². The van der Waals surface area contributed by atoms with E-state index in [9.17, 15) is 14.4 Å². The van der Waals surface area contributed by atoms with Crippen LogP contribution < -0.4 is 0 Å². The third kappa shape index (κ3) is 60.3. The van der Waals surface area contributed by atoms with Gasteiger partial charge >= 0.3 is 17.9 Å². The Morgan fingerprint density at radius 1 is 0.280 bits per heavy atom. The lowest BCUT2D eigenvalue weighted by atomic mass is 10.1. The molecule has 0 heterocycles. The average Bonchev–Trinajstić information content (AvgIpc) is 3.41. The number of hydrogen-bond acceptors (Lipinski definition) is 6. The second-order valence-electron chi connectivity index (χ2n) is 19.8. The summed E-state index contributed by atoms with van der Waals surface area (Å²) in [5, 5.41) is 0. The topological polar surface area (TPSA) is 78.9 Å². The number of unbranched alkanes of at least 4 members (excludes halogenated alkanes) is 21. The Labute approximate surface area is 462 Å². The molecule has 0 fully saturated rings. The minimum atomic E-state index is -0.810. The molecule has 1 atom stereocenters. The summed E-state index contributed by atoms with van der Waals surface area (Å²) in [6, 6.07) is 0. The SMILES string of the molecule is CC/C=C\C/C=C\C/C=C\C/C=C\C/C=C\CCCCCCCC(=O)OC(COC(=O)CCCCC/C=C\C/C=C\C/C=C\CC)COC(=O)CCCCCCCCCC/C=C\C/C=C\C/C=C\CCCCCCC. The lowest BCUT2D eigenvalue weighted by molar-refractivity contribution is -0.167. The number of allylic oxidation sites excluding steroid dienone is 22. The van der Waals surface area contributed by atoms with Gasteiger partial charge in [-0.15, -0.1) is 0 Å². The maximum atomic E-state index is 12.9. The molecule has 424 valence electrons. The number of rotatable bonds is 54. The minimum absolute atomic E-state index is 0.104. The van der Waals surface area contributed by atoms with Gasteiger partial charge in [-0.25, -0.2) is 0 Å². The molecule has 0 saturated heterocycles. The Balaban J connectivity index is 4.44. The second-order valence-corrected chi connectivity index (χ2v) is 19.8. The lowest BCUT2D eigenvalue weighted by Gasteiger charge is -2.18. The summed E-state index contributed by atoms with van der Waals surface area (Å²) in [7, 11) is 0. The molecule has 0 spiro atoms. The first-order chi connectivity index (χ1) is 37.0. The summed E-state index contributed by atoms with van der Waals surface area (Å²) in [6.07, 6.45) is 87.3. The summed E-state index contributed by atoms with van der Waals surface area (Å²) in [5.41, 5.74) is 0. The number of carbonyl (C=O) groups excluding carboxylic acids is 3. The highest BCUT2D eigenvalue weighted by Crippen LogP contribution is 2.14. The Bertz CT molecular complexity index is 1620. The molecule has 0 aliphatic rings. The monoisotopic (exact) mass is 1040 g/mol. The summed E-state index contributed by atoms with van der Waals surface area (Å²) < 4.78 is 16.9. The summed E-state index contributed by atoms with van der Waals surface area (Å²) in [5.74, 6) is -0.961. The Morgan fingerprint density at radius 3 is 0.827 bits per heavy atom. The van der Waals surface area contributed by atoms with Crippen molar-refractivity contribution in [3.63, 3.8) is 0 Å². The van der Waals surface area contributed by atoms with Crippen LogP contribution in [-0.2, 0) is 28.6 Å². The fourth-order valence-corrected chi connectivity index (χ4v) is 8.08. The van der Waals surface area contributed by atoms with E-state index in [0.717, 1.165) is 154 Å². The molecule has 0 rings (SSSR count). The van der Waals surface area contributed by atoms with Crippen molar-refractivity contribution >= 4 is 17.9 Å². The van der Waals surface area contributed by atoms with Crippen LogP contribution in [0.3, 0.4) is 0 Å². The fraction of sp³-hybridized carbons (Fsp3) is 0.638. The molecule has 0 aliphatic heterocycles. The van der Waals surface area contributed by atoms with Crippen LogP contribution in [0.15, 0.2) is 134 Å². The summed E-state index contributed by atoms with van der Waals surface area (Å²) in [4.78, 5) is 38.2. The minimum Gasteiger partial charge on any atom is -0.462 e. The fourth-order valence-electron chi connectivity index (χ4n) is 8.08. The van der Waals surface area contributed by atoms with Gasteiger partial charge in [0.15, 0.2) is 6.10 Å². The van der Waals surface area contributed by atoms with Crippen molar-refractivity contribution in [3.8, 4) is 0 Å². The number of esters is 3. The molecule has 0 aromatic heterocycles. The Kier molecular flexibility index (Phi) is 58.4. The molecule has 0 aromatic rings. The van der Waals surface area contributed by atoms with E-state index in [-0.39, 0.29) is 31.1 Å². The van der Waals surface area contributed by atoms with E-state index in [1.54, 1.807) is 0 Å². The molecule has 0 amide bonds. The van der Waals surface area contributed by atoms with Gasteiger partial charge in [-0.3, -0.25) is 14.4 Å². The average molecular weight is 1040 g/mol. The van der Waals surface area contributed by atoms with E-state index in [2.05, 4.69) is 154 Å². The highest BCUT2D eigenvalue weighted by Gasteiger charge is 2.19. The lowest BCUT2D eigenvalue weighted by Crippen LogP contribution is -2.30. The number of hydrogen-bond donors (Lipinski definition) is 0. The molecule has 6 nitrogen and oxygen atoms in total. The molecule has 0 N–H and O–H groups in total. The van der Waals surface area contributed by atoms with E-state index in [0.29, 0.717) is 19.3 Å². The van der Waals surface area contributed by atoms with Crippen LogP contribution in [0, 0.1) is 0 Å². The molecular weight excluding hydrogens is 925 g/mol. The zero-order valence-electron chi connectivity index (χ0n) is 48.5. The first-order valence-corrected chi connectivity index (χ1v) is 30.7. The third-order valence-corrected chi connectivity index (χ3v) is 12.6. The molecule has 0 saturated carbocycles. The van der Waals surface area contributed by atoms with Gasteiger partial charge in [-0.05, 0) is 135 Å². The molecule has 1 unspecified atom stereocenters. The predicted octanol–water partition coefficient (Wildman–Crippen LogP) is 21.0. The maximum absolute atomic E-state index is 12.9. The van der Waals surface area contributed by atoms with Crippen LogP contribution in [0.1, 0.15) is 265 Å². The summed E-state index contributed by atoms with van der Waals surface area (Å²) in [6.45, 7) is 6.35. The summed E-state index contributed by atoms with van der Waals surface area (Å²) >= 11 is 0. The predicted molar refractivity (Wildman–Crippen MR) is 325 cm³/mol. The Morgan fingerprint density at radius 2 is 0.520 bits per heavy atom. The molecule has 75 heavy (non-hydrogen) atoms. The largest absolute Gasteiger partial charge is 0.462 e. The first kappa shape index (κ1) is 70.5. The highest BCUT2D eigenvalue weighted by molar-refractivity contribution is 5.71. The van der Waals surface area contributed by atoms with Gasteiger partial charge in [-0.1, -0.05) is 244 Å². The van der Waals surface area contributed by atoms with Crippen LogP contribution in [0.4, 0.5) is 0 Å². The van der Waals surface area contributed by atoms with Crippen LogP contribution in [0.25, 0.3) is 0 Å². The molecule has 0 radical (unpaired) electrons. The van der Waals surface area contributed by atoms with E-state index < -0.39 is 6.10 Å². The van der Waals surface area contributed by atoms with Crippen molar-refractivity contribution in [3.05, 3.63) is 134 Å². The van der Waals surface area contributed by atoms with Crippen molar-refractivity contribution in [2.24, 2.45) is 0 Å². The number of ether oxygens (including phenoxy) is 3. The van der Waals surface area contributed by atoms with Gasteiger partial charge in [0, 0.05) is 19.3 Å². The zero-order chi connectivity index (χ0) is 54.3. The quantitative estimate of drug-likeness (QED) is 0.0261. The van der Waals surface area contributed by atoms with Gasteiger partial charge in [0.2, 0.25) is 0 Å². The van der Waals surface area contributed by atoms with Crippen molar-refractivity contribution in [2.45, 2.75) is 271 Å². The zero-order valence-corrected chi connectivity index (χ0v) is 48.5. The third-order valence-electron chi connectivity index (χ3n) is 12.6. The van der Waals surface area contributed by atoms with Crippen molar-refractivity contribution < 1.29 is 28.6 Å². The van der Waals surface area contributed by atoms with E-state index in [1.165, 1.54) is 70.6 Å². The van der Waals surface area contributed by atoms with E-state index in [1.807, 2.05) is 0 Å². The highest BCUT2D eigenvalue weighted by atomic mass is 16.6. The van der Waals surface area contributed by atoms with Crippen molar-refractivity contribution in [1.82, 2.24) is 0 Å². The standard InChI is InChI=1S/C69H112O6/c1-4-7-10-13-16-19-22-25-27-29-31-33-34-36-37-39-41-44-47-50-53-56-59-62-68(71)74-65-66(64-73-67(70)61-58-55-52-49-46-43-24-21-18-15-12-9-6-3)75-69(72)63-60-57-54-51-48-45-42-40-38-35-32-30-28-26-23-20-17-14-11-8-5-2/h8-9,11-12,17-18,20-22,25-26,28-29,31-32,34-36,40,42-43,46,66H,4-7,10,13-16,19,23-24,27,30,33,37-39,41,44-45,47-65H2,1-3H3/b11-8-,12-9-,20-17-,21-18-,25-22-,28-26-,31-29-,35-32-,36-34-,42-40-,46-43-. The van der Waals surface area contributed by atoms with Gasteiger partial charge in [0.25, 0.3) is 0 Å². The molecule has 6 heteroatoms. The van der Waals surface area contributed by atoms with Crippen LogP contribution >= 0.6 is 0 Å².